The predicted octanol–water partition coefficient (Wildman–Crippen LogP) is 5.18. The smallest absolute Gasteiger partial charge is 0.254 e. The summed E-state index contributed by atoms with van der Waals surface area (Å²) in [6.07, 6.45) is 3.85. The highest BCUT2D eigenvalue weighted by molar-refractivity contribution is 7.89. The SMILES string of the molecule is O=C1NCCCC[C@H]1N(Cc1ccc(C(=O)N2CCCC2c2ccccc2)cc1)S(=O)(=O)c1ccc(Cl)cc1. The number of sulfonamides is 1. The zero-order valence-corrected chi connectivity index (χ0v) is 23.2. The first-order valence-electron chi connectivity index (χ1n) is 13.3. The van der Waals surface area contributed by atoms with Crippen molar-refractivity contribution in [2.45, 2.75) is 55.6 Å². The van der Waals surface area contributed by atoms with E-state index in [9.17, 15) is 18.0 Å². The lowest BCUT2D eigenvalue weighted by Gasteiger charge is -2.29. The van der Waals surface area contributed by atoms with Crippen LogP contribution in [-0.2, 0) is 21.4 Å². The second kappa shape index (κ2) is 11.9. The van der Waals surface area contributed by atoms with Crippen molar-refractivity contribution >= 4 is 33.4 Å². The fraction of sp³-hybridized carbons (Fsp3) is 0.333. The summed E-state index contributed by atoms with van der Waals surface area (Å²) in [5.74, 6) is -0.334. The van der Waals surface area contributed by atoms with E-state index in [1.54, 1.807) is 24.3 Å². The van der Waals surface area contributed by atoms with Crippen molar-refractivity contribution in [3.05, 3.63) is 101 Å². The third-order valence-corrected chi connectivity index (χ3v) is 9.63. The summed E-state index contributed by atoms with van der Waals surface area (Å²) >= 11 is 5.99. The van der Waals surface area contributed by atoms with Gasteiger partial charge in [0.05, 0.1) is 10.9 Å². The molecule has 1 unspecified atom stereocenters. The Labute approximate surface area is 234 Å². The second-order valence-electron chi connectivity index (χ2n) is 10.1. The summed E-state index contributed by atoms with van der Waals surface area (Å²) in [5, 5.41) is 3.28. The molecule has 2 atom stereocenters. The van der Waals surface area contributed by atoms with Gasteiger partial charge in [-0.15, -0.1) is 0 Å². The van der Waals surface area contributed by atoms with E-state index >= 15 is 0 Å². The number of carbonyl (C=O) groups excluding carboxylic acids is 2. The van der Waals surface area contributed by atoms with Crippen LogP contribution in [0.5, 0.6) is 0 Å². The van der Waals surface area contributed by atoms with E-state index in [4.69, 9.17) is 11.6 Å². The van der Waals surface area contributed by atoms with Crippen LogP contribution in [0.15, 0.2) is 83.8 Å². The number of hydrogen-bond donors (Lipinski definition) is 1. The second-order valence-corrected chi connectivity index (χ2v) is 12.4. The molecule has 0 aliphatic carbocycles. The average molecular weight is 566 g/mol. The van der Waals surface area contributed by atoms with Gasteiger partial charge in [0.25, 0.3) is 5.91 Å². The Morgan fingerprint density at radius 2 is 1.64 bits per heavy atom. The van der Waals surface area contributed by atoms with Crippen LogP contribution < -0.4 is 5.32 Å². The molecule has 9 heteroatoms. The highest BCUT2D eigenvalue weighted by atomic mass is 35.5. The monoisotopic (exact) mass is 565 g/mol. The van der Waals surface area contributed by atoms with E-state index in [0.717, 1.165) is 31.2 Å². The number of nitrogens with one attached hydrogen (secondary N) is 1. The van der Waals surface area contributed by atoms with Gasteiger partial charge in [0.1, 0.15) is 6.04 Å². The molecule has 2 fully saturated rings. The lowest BCUT2D eigenvalue weighted by atomic mass is 10.0. The van der Waals surface area contributed by atoms with Gasteiger partial charge < -0.3 is 10.2 Å². The topological polar surface area (TPSA) is 86.8 Å². The molecule has 0 aromatic heterocycles. The molecule has 3 aromatic carbocycles. The van der Waals surface area contributed by atoms with E-state index < -0.39 is 16.1 Å². The van der Waals surface area contributed by atoms with Crippen LogP contribution in [0.25, 0.3) is 0 Å². The number of amides is 2. The Morgan fingerprint density at radius 3 is 2.36 bits per heavy atom. The number of nitrogens with zero attached hydrogens (tertiary/aromatic N) is 2. The van der Waals surface area contributed by atoms with Gasteiger partial charge in [0.2, 0.25) is 15.9 Å². The summed E-state index contributed by atoms with van der Waals surface area (Å²) in [6.45, 7) is 1.24. The maximum absolute atomic E-state index is 13.8. The highest BCUT2D eigenvalue weighted by Crippen LogP contribution is 2.33. The molecule has 0 spiro atoms. The van der Waals surface area contributed by atoms with Crippen LogP contribution in [0.3, 0.4) is 0 Å². The van der Waals surface area contributed by atoms with Gasteiger partial charge >= 0.3 is 0 Å². The molecule has 0 saturated carbocycles. The molecule has 0 bridgehead atoms. The standard InChI is InChI=1S/C30H32ClN3O4S/c31-25-15-17-26(18-16-25)39(37,38)34(28-9-4-5-19-32-29(28)35)21-22-11-13-24(14-12-22)30(36)33-20-6-10-27(33)23-7-2-1-3-8-23/h1-3,7-8,11-18,27-28H,4-6,9-10,19-21H2,(H,32,35)/t27?,28-/m1/s1. The largest absolute Gasteiger partial charge is 0.355 e. The molecule has 1 N–H and O–H groups in total. The van der Waals surface area contributed by atoms with Gasteiger partial charge in [0, 0.05) is 30.2 Å². The van der Waals surface area contributed by atoms with E-state index in [1.165, 1.54) is 28.6 Å². The molecule has 2 heterocycles. The molecule has 7 nitrogen and oxygen atoms in total. The van der Waals surface area contributed by atoms with Gasteiger partial charge in [-0.3, -0.25) is 9.59 Å². The van der Waals surface area contributed by atoms with Crippen LogP contribution in [0, 0.1) is 0 Å². The Kier molecular flexibility index (Phi) is 8.35. The van der Waals surface area contributed by atoms with Gasteiger partial charge in [-0.2, -0.15) is 4.31 Å². The van der Waals surface area contributed by atoms with Gasteiger partial charge in [-0.1, -0.05) is 54.1 Å². The van der Waals surface area contributed by atoms with Gasteiger partial charge in [-0.25, -0.2) is 8.42 Å². The van der Waals surface area contributed by atoms with E-state index in [2.05, 4.69) is 17.4 Å². The Bertz CT molecular complexity index is 1410. The van der Waals surface area contributed by atoms with Crippen molar-refractivity contribution in [2.75, 3.05) is 13.1 Å². The number of halogens is 1. The van der Waals surface area contributed by atoms with E-state index in [-0.39, 0.29) is 29.3 Å². The summed E-state index contributed by atoms with van der Waals surface area (Å²) in [6, 6.07) is 22.3. The highest BCUT2D eigenvalue weighted by Gasteiger charge is 2.37. The average Bonchev–Trinajstić information content (AvgIpc) is 3.35. The molecule has 0 radical (unpaired) electrons. The lowest BCUT2D eigenvalue weighted by molar-refractivity contribution is -0.124. The van der Waals surface area contributed by atoms with Crippen LogP contribution >= 0.6 is 11.6 Å². The minimum atomic E-state index is -4.00. The maximum atomic E-state index is 13.8. The molecule has 5 rings (SSSR count). The zero-order valence-electron chi connectivity index (χ0n) is 21.6. The van der Waals surface area contributed by atoms with Crippen molar-refractivity contribution in [1.29, 1.82) is 0 Å². The summed E-state index contributed by atoms with van der Waals surface area (Å²) in [4.78, 5) is 28.3. The molecule has 2 amide bonds. The van der Waals surface area contributed by atoms with Crippen LogP contribution in [0.4, 0.5) is 0 Å². The molecule has 3 aromatic rings. The third-order valence-electron chi connectivity index (χ3n) is 7.51. The summed E-state index contributed by atoms with van der Waals surface area (Å²) in [7, 11) is -4.00. The van der Waals surface area contributed by atoms with E-state index in [0.29, 0.717) is 35.7 Å². The minimum absolute atomic E-state index is 0.00781. The van der Waals surface area contributed by atoms with Crippen LogP contribution in [0.1, 0.15) is 59.6 Å². The molecular formula is C30H32ClN3O4S. The fourth-order valence-electron chi connectivity index (χ4n) is 5.43. The number of hydrogen-bond acceptors (Lipinski definition) is 4. The summed E-state index contributed by atoms with van der Waals surface area (Å²) in [5.41, 5.74) is 2.38. The van der Waals surface area contributed by atoms with Crippen LogP contribution in [0.2, 0.25) is 5.02 Å². The lowest BCUT2D eigenvalue weighted by Crippen LogP contribution is -2.48. The number of carbonyl (C=O) groups is 2. The fourth-order valence-corrected chi connectivity index (χ4v) is 7.16. The first-order valence-corrected chi connectivity index (χ1v) is 15.2. The van der Waals surface area contributed by atoms with Crippen molar-refractivity contribution in [2.24, 2.45) is 0 Å². The number of likely N-dealkylation sites (tertiary alicyclic amines) is 1. The Morgan fingerprint density at radius 1 is 0.923 bits per heavy atom. The Balaban J connectivity index is 1.39. The molecule has 204 valence electrons. The summed E-state index contributed by atoms with van der Waals surface area (Å²) < 4.78 is 28.8. The molecule has 2 aliphatic rings. The van der Waals surface area contributed by atoms with Crippen molar-refractivity contribution in [1.82, 2.24) is 14.5 Å². The first kappa shape index (κ1) is 27.4. The van der Waals surface area contributed by atoms with Gasteiger partial charge in [0.15, 0.2) is 0 Å². The predicted molar refractivity (Wildman–Crippen MR) is 151 cm³/mol. The molecular weight excluding hydrogens is 534 g/mol. The van der Waals surface area contributed by atoms with Crippen LogP contribution in [-0.4, -0.2) is 48.6 Å². The first-order chi connectivity index (χ1) is 18.8. The normalized spacial score (nSPS) is 20.1. The number of benzene rings is 3. The zero-order chi connectivity index (χ0) is 27.4. The van der Waals surface area contributed by atoms with E-state index in [1.807, 2.05) is 23.1 Å². The minimum Gasteiger partial charge on any atom is -0.355 e. The van der Waals surface area contributed by atoms with Crippen molar-refractivity contribution < 1.29 is 18.0 Å². The van der Waals surface area contributed by atoms with Gasteiger partial charge in [-0.05, 0) is 79.6 Å². The van der Waals surface area contributed by atoms with Crippen molar-refractivity contribution in [3.63, 3.8) is 0 Å². The maximum Gasteiger partial charge on any atom is 0.254 e. The third kappa shape index (κ3) is 6.03. The van der Waals surface area contributed by atoms with Crippen molar-refractivity contribution in [3.8, 4) is 0 Å². The number of rotatable bonds is 7. The quantitative estimate of drug-likeness (QED) is 0.428. The molecule has 2 saturated heterocycles. The molecule has 2 aliphatic heterocycles. The Hall–Kier alpha value is -3.20. The molecule has 39 heavy (non-hydrogen) atoms.